The molecule has 0 bridgehead atoms. The highest BCUT2D eigenvalue weighted by atomic mass is 31.2. The van der Waals surface area contributed by atoms with Crippen molar-refractivity contribution in [1.29, 1.82) is 0 Å². The van der Waals surface area contributed by atoms with Gasteiger partial charge in [-0.25, -0.2) is 14.2 Å². The van der Waals surface area contributed by atoms with Crippen LogP contribution in [0.2, 0.25) is 0 Å². The van der Waals surface area contributed by atoms with Crippen LogP contribution in [0.3, 0.4) is 0 Å². The molecule has 2 aliphatic rings. The second kappa shape index (κ2) is 14.0. The Bertz CT molecular complexity index is 1730. The van der Waals surface area contributed by atoms with Crippen LogP contribution in [0, 0.1) is 0 Å². The van der Waals surface area contributed by atoms with Gasteiger partial charge >= 0.3 is 25.5 Å². The number of nitrogens with one attached hydrogen (secondary N) is 3. The molecular formula is C24H29N4O15P. The number of nitrogens with zero attached hydrogens (tertiary/aromatic N) is 1. The summed E-state index contributed by atoms with van der Waals surface area (Å²) in [6.07, 6.45) is -8.88. The number of fused-ring (bicyclic) bond motifs is 2. The predicted molar refractivity (Wildman–Crippen MR) is 147 cm³/mol. The Morgan fingerprint density at radius 3 is 2.36 bits per heavy atom. The van der Waals surface area contributed by atoms with Crippen molar-refractivity contribution < 1.29 is 58.4 Å². The van der Waals surface area contributed by atoms with Crippen LogP contribution in [0.1, 0.15) is 19.8 Å². The van der Waals surface area contributed by atoms with Gasteiger partial charge in [0, 0.05) is 12.5 Å². The highest BCUT2D eigenvalue weighted by Crippen LogP contribution is 2.44. The number of carbonyl (C=O) groups excluding carboxylic acids is 1. The van der Waals surface area contributed by atoms with Crippen LogP contribution < -0.4 is 22.0 Å². The Kier molecular flexibility index (Phi) is 10.9. The van der Waals surface area contributed by atoms with E-state index in [0.717, 1.165) is 17.6 Å². The van der Waals surface area contributed by atoms with Gasteiger partial charge in [0.1, 0.15) is 36.1 Å². The van der Waals surface area contributed by atoms with Gasteiger partial charge in [-0.3, -0.25) is 38.2 Å². The summed E-state index contributed by atoms with van der Waals surface area (Å²) in [6.45, 7) is -0.772. The Labute approximate surface area is 245 Å². The van der Waals surface area contributed by atoms with Crippen molar-refractivity contribution in [3.8, 4) is 11.3 Å². The lowest BCUT2D eigenvalue weighted by Gasteiger charge is -2.26. The van der Waals surface area contributed by atoms with Crippen LogP contribution in [0.25, 0.3) is 22.3 Å². The minimum atomic E-state index is -5.15. The molecule has 1 amide bonds. The van der Waals surface area contributed by atoms with E-state index < -0.39 is 98.8 Å². The molecule has 6 atom stereocenters. The van der Waals surface area contributed by atoms with E-state index in [1.165, 1.54) is 18.2 Å². The number of hydrogen-bond donors (Lipinski definition) is 9. The highest BCUT2D eigenvalue weighted by Gasteiger charge is 2.34. The average Bonchev–Trinajstić information content (AvgIpc) is 2.93. The molecule has 0 saturated heterocycles. The average molecular weight is 644 g/mol. The number of carboxylic acid groups (broad SMARTS) is 2. The van der Waals surface area contributed by atoms with Gasteiger partial charge in [-0.05, 0) is 37.1 Å². The molecule has 9 N–H and O–H groups in total. The molecule has 20 heteroatoms. The number of aliphatic hydroxyl groups excluding tert-OH is 3. The topological polar surface area (TPSA) is 308 Å². The van der Waals surface area contributed by atoms with Crippen molar-refractivity contribution in [2.24, 2.45) is 0 Å². The number of phosphoric acid groups is 1. The summed E-state index contributed by atoms with van der Waals surface area (Å²) < 4.78 is 22.7. The number of benzene rings is 1. The summed E-state index contributed by atoms with van der Waals surface area (Å²) in [7, 11) is -5.15. The van der Waals surface area contributed by atoms with Crippen molar-refractivity contribution in [2.45, 2.75) is 56.8 Å². The van der Waals surface area contributed by atoms with Crippen LogP contribution in [0.4, 0.5) is 0 Å². The van der Waals surface area contributed by atoms with Gasteiger partial charge in [-0.2, -0.15) is 0 Å². The number of carboxylic acids is 2. The number of aliphatic hydroxyl groups is 3. The molecule has 1 aromatic rings. The molecule has 1 aliphatic heterocycles. The van der Waals surface area contributed by atoms with E-state index >= 15 is 0 Å². The molecule has 44 heavy (non-hydrogen) atoms. The molecule has 240 valence electrons. The van der Waals surface area contributed by atoms with E-state index in [4.69, 9.17) is 10.2 Å². The van der Waals surface area contributed by atoms with Crippen molar-refractivity contribution in [2.75, 3.05) is 6.61 Å². The fraction of sp³-hybridized carbons (Fsp3) is 0.417. The first-order valence-corrected chi connectivity index (χ1v) is 14.2. The smallest absolute Gasteiger partial charge is 0.473 e. The van der Waals surface area contributed by atoms with Crippen LogP contribution in [0.5, 0.6) is 0 Å². The zero-order valence-corrected chi connectivity index (χ0v) is 23.7. The zero-order valence-electron chi connectivity index (χ0n) is 22.8. The number of H-pyrrole nitrogens is 2. The second-order valence-electron chi connectivity index (χ2n) is 9.62. The molecule has 0 saturated carbocycles. The largest absolute Gasteiger partial charge is 0.481 e. The van der Waals surface area contributed by atoms with Crippen molar-refractivity contribution >= 4 is 36.7 Å². The number of amides is 1. The summed E-state index contributed by atoms with van der Waals surface area (Å²) in [4.78, 5) is 84.8. The van der Waals surface area contributed by atoms with Crippen molar-refractivity contribution in [3.63, 3.8) is 0 Å². The van der Waals surface area contributed by atoms with Gasteiger partial charge in [0.15, 0.2) is 5.43 Å². The fourth-order valence-electron chi connectivity index (χ4n) is 4.09. The van der Waals surface area contributed by atoms with E-state index in [1.807, 2.05) is 10.3 Å². The first-order chi connectivity index (χ1) is 20.5. The molecule has 0 aromatic carbocycles. The molecule has 2 heterocycles. The van der Waals surface area contributed by atoms with Crippen LogP contribution in [-0.2, 0) is 34.5 Å². The third kappa shape index (κ3) is 8.66. The van der Waals surface area contributed by atoms with Gasteiger partial charge in [0.2, 0.25) is 5.91 Å². The van der Waals surface area contributed by atoms with E-state index in [2.05, 4.69) is 14.0 Å². The standard InChI is InChI=1S/C24H29N4O15P/c1-10(21(35)25-14(23(37)38)4-5-18(32)33)43-44(40,41)42-9-17(31)19(34)16(30)8-28-15-7-12(29)3-2-11(15)6-13-20(28)26-24(39)27-22(13)36/h2-3,6-7,10,14,16-17,19,30-31,34H,4-5,8-9H2,1H3,(H,25,35)(H,32,33)(H,37,38)(H,40,41)(H2,26,27,36,39)/t10-,14-,16-,17+,19-/m0/s1. The van der Waals surface area contributed by atoms with Gasteiger partial charge in [0.25, 0.3) is 5.56 Å². The van der Waals surface area contributed by atoms with Gasteiger partial charge in [-0.15, -0.1) is 0 Å². The number of aromatic nitrogens is 3. The minimum Gasteiger partial charge on any atom is -0.481 e. The maximum absolute atomic E-state index is 12.4. The van der Waals surface area contributed by atoms with Crippen molar-refractivity contribution in [3.05, 3.63) is 55.3 Å². The normalized spacial score (nSPS) is 16.5. The Hall–Kier alpha value is -4.23. The SMILES string of the molecule is C[C@H](OP(=O)(O)OC[C@@H](O)[C@@H](O)[C@@H](O)Cn1c2cc(=O)ccc-2cc2c(=O)[nH]c(=O)[nH]c21)C(=O)N[C@@H](CCC(=O)O)C(=O)O. The number of rotatable bonds is 15. The van der Waals surface area contributed by atoms with Gasteiger partial charge in [0.05, 0.1) is 24.2 Å². The van der Waals surface area contributed by atoms with Gasteiger partial charge in [-0.1, -0.05) is 0 Å². The molecule has 3 rings (SSSR count). The molecule has 1 aromatic heterocycles. The molecule has 1 aliphatic carbocycles. The quantitative estimate of drug-likeness (QED) is 0.0611. The molecule has 0 radical (unpaired) electrons. The minimum absolute atomic E-state index is 0.0330. The molecule has 1 unspecified atom stereocenters. The van der Waals surface area contributed by atoms with E-state index in [1.54, 1.807) is 0 Å². The van der Waals surface area contributed by atoms with E-state index in [0.29, 0.717) is 5.56 Å². The van der Waals surface area contributed by atoms with Crippen LogP contribution in [-0.4, -0.2) is 99.9 Å². The maximum Gasteiger partial charge on any atom is 0.473 e. The summed E-state index contributed by atoms with van der Waals surface area (Å²) in [6, 6.07) is 3.50. The number of aromatic amines is 2. The fourth-order valence-corrected chi connectivity index (χ4v) is 4.99. The van der Waals surface area contributed by atoms with Crippen molar-refractivity contribution in [1.82, 2.24) is 19.9 Å². The first kappa shape index (κ1) is 34.3. The number of aliphatic carboxylic acids is 2. The number of carbonyl (C=O) groups is 3. The first-order valence-electron chi connectivity index (χ1n) is 12.7. The van der Waals surface area contributed by atoms with Crippen LogP contribution >= 0.6 is 7.82 Å². The van der Waals surface area contributed by atoms with Crippen LogP contribution in [0.15, 0.2) is 38.6 Å². The number of phosphoric ester groups is 1. The molecule has 0 spiro atoms. The Morgan fingerprint density at radius 1 is 1.05 bits per heavy atom. The van der Waals surface area contributed by atoms with E-state index in [-0.39, 0.29) is 16.7 Å². The summed E-state index contributed by atoms with van der Waals surface area (Å²) in [5, 5.41) is 51.2. The third-order valence-corrected chi connectivity index (χ3v) is 7.37. The highest BCUT2D eigenvalue weighted by molar-refractivity contribution is 7.47. The lowest BCUT2D eigenvalue weighted by Crippen LogP contribution is -2.45. The summed E-state index contributed by atoms with van der Waals surface area (Å²) in [5.74, 6) is -4.08. The third-order valence-electron chi connectivity index (χ3n) is 6.31. The summed E-state index contributed by atoms with van der Waals surface area (Å²) >= 11 is 0. The summed E-state index contributed by atoms with van der Waals surface area (Å²) in [5.41, 5.74) is -1.76. The second-order valence-corrected chi connectivity index (χ2v) is 11.0. The predicted octanol–water partition coefficient (Wildman–Crippen LogP) is -2.48. The lowest BCUT2D eigenvalue weighted by atomic mass is 10.0. The van der Waals surface area contributed by atoms with Gasteiger partial charge < -0.3 is 40.3 Å². The molecule has 19 nitrogen and oxygen atoms in total. The monoisotopic (exact) mass is 644 g/mol. The van der Waals surface area contributed by atoms with E-state index in [9.17, 15) is 53.5 Å². The lowest BCUT2D eigenvalue weighted by molar-refractivity contribution is -0.144. The zero-order chi connectivity index (χ0) is 32.9. The maximum atomic E-state index is 12.4. The molecule has 0 fully saturated rings. The number of hydrogen-bond acceptors (Lipinski definition) is 12. The number of pyridine rings is 1. The Morgan fingerprint density at radius 2 is 1.73 bits per heavy atom. The Balaban J connectivity index is 1.68. The molecular weight excluding hydrogens is 615 g/mol.